The Balaban J connectivity index is 1.85. The average Bonchev–Trinajstić information content (AvgIpc) is 2.78. The first kappa shape index (κ1) is 25.6. The fourth-order valence-corrected chi connectivity index (χ4v) is 5.02. The molecule has 0 aliphatic carbocycles. The van der Waals surface area contributed by atoms with E-state index in [-0.39, 0.29) is 24.1 Å². The maximum Gasteiger partial charge on any atom is 0.264 e. The summed E-state index contributed by atoms with van der Waals surface area (Å²) in [5.41, 5.74) is 2.83. The summed E-state index contributed by atoms with van der Waals surface area (Å²) in [6.07, 6.45) is 0.0336. The van der Waals surface area contributed by atoms with Gasteiger partial charge in [0.2, 0.25) is 5.91 Å². The van der Waals surface area contributed by atoms with Crippen LogP contribution in [0.5, 0.6) is 5.75 Å². The Kier molecular flexibility index (Phi) is 8.23. The SMILES string of the molecule is Cc1ccc(S(=O)(=O)N(CC(=O)NCc2cccc(OC(C)C)c2)c2cc(Cl)ccc2C)cc1. The Hall–Kier alpha value is -3.03. The summed E-state index contributed by atoms with van der Waals surface area (Å²) in [5, 5.41) is 3.19. The van der Waals surface area contributed by atoms with E-state index in [9.17, 15) is 13.2 Å². The molecule has 34 heavy (non-hydrogen) atoms. The molecule has 3 aromatic rings. The quantitative estimate of drug-likeness (QED) is 0.435. The molecule has 3 aromatic carbocycles. The number of nitrogens with zero attached hydrogens (tertiary/aromatic N) is 1. The predicted octanol–water partition coefficient (Wildman–Crippen LogP) is 5.26. The molecular weight excluding hydrogens is 472 g/mol. The van der Waals surface area contributed by atoms with Crippen LogP contribution in [0.25, 0.3) is 0 Å². The zero-order valence-corrected chi connectivity index (χ0v) is 21.3. The second-order valence-corrected chi connectivity index (χ2v) is 10.6. The third kappa shape index (κ3) is 6.52. The van der Waals surface area contributed by atoms with Crippen LogP contribution in [0.2, 0.25) is 5.02 Å². The molecule has 0 saturated carbocycles. The summed E-state index contributed by atoms with van der Waals surface area (Å²) in [6.45, 7) is 7.39. The molecule has 8 heteroatoms. The zero-order chi connectivity index (χ0) is 24.9. The van der Waals surface area contributed by atoms with E-state index in [1.54, 1.807) is 37.3 Å². The molecule has 6 nitrogen and oxygen atoms in total. The van der Waals surface area contributed by atoms with Gasteiger partial charge in [-0.05, 0) is 75.2 Å². The van der Waals surface area contributed by atoms with Gasteiger partial charge in [0.15, 0.2) is 0 Å². The van der Waals surface area contributed by atoms with Crippen LogP contribution in [0.1, 0.15) is 30.5 Å². The molecule has 3 rings (SSSR count). The molecule has 0 fully saturated rings. The number of amides is 1. The van der Waals surface area contributed by atoms with E-state index in [2.05, 4.69) is 5.32 Å². The van der Waals surface area contributed by atoms with Gasteiger partial charge in [0, 0.05) is 11.6 Å². The minimum Gasteiger partial charge on any atom is -0.491 e. The predicted molar refractivity (Wildman–Crippen MR) is 136 cm³/mol. The number of anilines is 1. The second kappa shape index (κ2) is 10.9. The molecule has 0 atom stereocenters. The maximum atomic E-state index is 13.6. The smallest absolute Gasteiger partial charge is 0.264 e. The highest BCUT2D eigenvalue weighted by molar-refractivity contribution is 7.92. The number of aryl methyl sites for hydroxylation is 2. The number of nitrogens with one attached hydrogen (secondary N) is 1. The van der Waals surface area contributed by atoms with Crippen molar-refractivity contribution in [2.75, 3.05) is 10.8 Å². The maximum absolute atomic E-state index is 13.6. The van der Waals surface area contributed by atoms with Crippen LogP contribution < -0.4 is 14.4 Å². The van der Waals surface area contributed by atoms with Crippen molar-refractivity contribution in [3.8, 4) is 5.75 Å². The Morgan fingerprint density at radius 3 is 2.41 bits per heavy atom. The van der Waals surface area contributed by atoms with Crippen LogP contribution in [0, 0.1) is 13.8 Å². The first-order valence-corrected chi connectivity index (χ1v) is 12.8. The van der Waals surface area contributed by atoms with Crippen LogP contribution in [0.15, 0.2) is 71.6 Å². The number of halogens is 1. The van der Waals surface area contributed by atoms with Gasteiger partial charge in [-0.2, -0.15) is 0 Å². The monoisotopic (exact) mass is 500 g/mol. The Morgan fingerprint density at radius 1 is 1.03 bits per heavy atom. The summed E-state index contributed by atoms with van der Waals surface area (Å²) >= 11 is 6.17. The summed E-state index contributed by atoms with van der Waals surface area (Å²) in [4.78, 5) is 13.0. The van der Waals surface area contributed by atoms with Gasteiger partial charge in [0.05, 0.1) is 16.7 Å². The number of sulfonamides is 1. The van der Waals surface area contributed by atoms with Gasteiger partial charge in [-0.15, -0.1) is 0 Å². The van der Waals surface area contributed by atoms with Crippen molar-refractivity contribution in [3.63, 3.8) is 0 Å². The molecule has 0 spiro atoms. The van der Waals surface area contributed by atoms with Gasteiger partial charge < -0.3 is 10.1 Å². The first-order chi connectivity index (χ1) is 16.1. The molecule has 1 amide bonds. The number of carbonyl (C=O) groups is 1. The molecule has 1 N–H and O–H groups in total. The number of rotatable bonds is 9. The minimum absolute atomic E-state index is 0.0336. The summed E-state index contributed by atoms with van der Waals surface area (Å²) < 4.78 is 33.9. The van der Waals surface area contributed by atoms with Gasteiger partial charge in [-0.1, -0.05) is 47.5 Å². The first-order valence-electron chi connectivity index (χ1n) is 10.9. The number of hydrogen-bond donors (Lipinski definition) is 1. The zero-order valence-electron chi connectivity index (χ0n) is 19.7. The van der Waals surface area contributed by atoms with Crippen molar-refractivity contribution < 1.29 is 17.9 Å². The standard InChI is InChI=1S/C26H29ClN2O4S/c1-18(2)33-23-7-5-6-21(14-23)16-28-26(30)17-29(25-15-22(27)11-10-20(25)4)34(31,32)24-12-8-19(3)9-13-24/h5-15,18H,16-17H2,1-4H3,(H,28,30). The van der Waals surface area contributed by atoms with E-state index in [1.165, 1.54) is 12.1 Å². The number of carbonyl (C=O) groups excluding carboxylic acids is 1. The van der Waals surface area contributed by atoms with Crippen molar-refractivity contribution in [2.24, 2.45) is 0 Å². The lowest BCUT2D eigenvalue weighted by atomic mass is 10.2. The van der Waals surface area contributed by atoms with Gasteiger partial charge in [0.1, 0.15) is 12.3 Å². The van der Waals surface area contributed by atoms with Gasteiger partial charge >= 0.3 is 0 Å². The lowest BCUT2D eigenvalue weighted by Crippen LogP contribution is -2.41. The number of benzene rings is 3. The Bertz CT molecular complexity index is 1260. The summed E-state index contributed by atoms with van der Waals surface area (Å²) in [5.74, 6) is 0.269. The van der Waals surface area contributed by atoms with Crippen molar-refractivity contribution in [1.82, 2.24) is 5.32 Å². The van der Waals surface area contributed by atoms with E-state index < -0.39 is 15.9 Å². The molecule has 0 aliphatic heterocycles. The van der Waals surface area contributed by atoms with Gasteiger partial charge in [0.25, 0.3) is 10.0 Å². The van der Waals surface area contributed by atoms with Gasteiger partial charge in [-0.3, -0.25) is 9.10 Å². The Morgan fingerprint density at radius 2 is 1.74 bits per heavy atom. The summed E-state index contributed by atoms with van der Waals surface area (Å²) in [6, 6.07) is 18.9. The summed E-state index contributed by atoms with van der Waals surface area (Å²) in [7, 11) is -4.01. The van der Waals surface area contributed by atoms with E-state index >= 15 is 0 Å². The van der Waals surface area contributed by atoms with Crippen LogP contribution in [-0.4, -0.2) is 27.0 Å². The number of ether oxygens (including phenoxy) is 1. The van der Waals surface area contributed by atoms with Crippen LogP contribution in [0.3, 0.4) is 0 Å². The van der Waals surface area contributed by atoms with E-state index in [0.29, 0.717) is 22.0 Å². The minimum atomic E-state index is -4.01. The third-order valence-electron chi connectivity index (χ3n) is 5.10. The van der Waals surface area contributed by atoms with Gasteiger partial charge in [-0.25, -0.2) is 8.42 Å². The highest BCUT2D eigenvalue weighted by Gasteiger charge is 2.28. The van der Waals surface area contributed by atoms with E-state index in [1.807, 2.05) is 45.0 Å². The highest BCUT2D eigenvalue weighted by Crippen LogP contribution is 2.29. The van der Waals surface area contributed by atoms with Crippen LogP contribution in [-0.2, 0) is 21.4 Å². The van der Waals surface area contributed by atoms with E-state index in [4.69, 9.17) is 16.3 Å². The molecule has 0 heterocycles. The molecular formula is C26H29ClN2O4S. The van der Waals surface area contributed by atoms with Crippen molar-refractivity contribution in [1.29, 1.82) is 0 Å². The molecule has 0 aromatic heterocycles. The largest absolute Gasteiger partial charge is 0.491 e. The highest BCUT2D eigenvalue weighted by atomic mass is 35.5. The molecule has 0 unspecified atom stereocenters. The normalized spacial score (nSPS) is 11.4. The van der Waals surface area contributed by atoms with Crippen molar-refractivity contribution in [2.45, 2.75) is 45.2 Å². The lowest BCUT2D eigenvalue weighted by Gasteiger charge is -2.26. The Labute approximate surface area is 206 Å². The molecule has 180 valence electrons. The average molecular weight is 501 g/mol. The van der Waals surface area contributed by atoms with Crippen LogP contribution >= 0.6 is 11.6 Å². The topological polar surface area (TPSA) is 75.7 Å². The molecule has 0 saturated heterocycles. The van der Waals surface area contributed by atoms with Crippen molar-refractivity contribution >= 4 is 33.2 Å². The lowest BCUT2D eigenvalue weighted by molar-refractivity contribution is -0.119. The molecule has 0 aliphatic rings. The fourth-order valence-electron chi connectivity index (χ4n) is 3.38. The van der Waals surface area contributed by atoms with E-state index in [0.717, 1.165) is 15.4 Å². The molecule has 0 radical (unpaired) electrons. The third-order valence-corrected chi connectivity index (χ3v) is 7.11. The fraction of sp³-hybridized carbons (Fsp3) is 0.269. The molecule has 0 bridgehead atoms. The van der Waals surface area contributed by atoms with Crippen LogP contribution in [0.4, 0.5) is 5.69 Å². The van der Waals surface area contributed by atoms with Crippen molar-refractivity contribution in [3.05, 3.63) is 88.4 Å². The number of hydrogen-bond acceptors (Lipinski definition) is 4. The second-order valence-electron chi connectivity index (χ2n) is 8.35.